The van der Waals surface area contributed by atoms with E-state index in [1.54, 1.807) is 6.92 Å². The molecule has 1 aliphatic rings. The highest BCUT2D eigenvalue weighted by Gasteiger charge is 2.23. The van der Waals surface area contributed by atoms with E-state index in [0.29, 0.717) is 5.69 Å². The normalized spacial score (nSPS) is 22.2. The summed E-state index contributed by atoms with van der Waals surface area (Å²) in [4.78, 5) is 17.8. The van der Waals surface area contributed by atoms with Crippen LogP contribution in [0, 0.1) is 0 Å². The maximum Gasteiger partial charge on any atom is 0.178 e. The van der Waals surface area contributed by atoms with E-state index in [2.05, 4.69) is 16.8 Å². The Bertz CT molecular complexity index is 378. The van der Waals surface area contributed by atoms with Gasteiger partial charge in [0.1, 0.15) is 16.8 Å². The van der Waals surface area contributed by atoms with E-state index >= 15 is 0 Å². The smallest absolute Gasteiger partial charge is 0.178 e. The van der Waals surface area contributed by atoms with Crippen molar-refractivity contribution in [1.29, 1.82) is 0 Å². The summed E-state index contributed by atoms with van der Waals surface area (Å²) in [6, 6.07) is 0. The van der Waals surface area contributed by atoms with Crippen molar-refractivity contribution in [2.75, 3.05) is 26.2 Å². The number of hydrogen-bond donors (Lipinski definition) is 0. The van der Waals surface area contributed by atoms with Gasteiger partial charge in [-0.05, 0) is 6.54 Å². The predicted octanol–water partition coefficient (Wildman–Crippen LogP) is 1.74. The Kier molecular flexibility index (Phi) is 3.68. The first-order valence-corrected chi connectivity index (χ1v) is 6.39. The molecule has 1 fully saturated rings. The highest BCUT2D eigenvalue weighted by molar-refractivity contribution is 7.09. The lowest BCUT2D eigenvalue weighted by Gasteiger charge is -2.30. The van der Waals surface area contributed by atoms with Crippen LogP contribution in [0.4, 0.5) is 0 Å². The lowest BCUT2D eigenvalue weighted by Crippen LogP contribution is -2.38. The van der Waals surface area contributed by atoms with E-state index in [9.17, 15) is 4.79 Å². The molecule has 88 valence electrons. The zero-order valence-corrected chi connectivity index (χ0v) is 10.4. The van der Waals surface area contributed by atoms with Gasteiger partial charge < -0.3 is 4.74 Å². The molecule has 1 saturated heterocycles. The van der Waals surface area contributed by atoms with Gasteiger partial charge in [0.05, 0.1) is 6.61 Å². The highest BCUT2D eigenvalue weighted by Crippen LogP contribution is 2.25. The minimum atomic E-state index is 0.0191. The molecule has 0 N–H and O–H groups in total. The van der Waals surface area contributed by atoms with Gasteiger partial charge in [0, 0.05) is 25.4 Å². The average molecular weight is 240 g/mol. The fourth-order valence-corrected chi connectivity index (χ4v) is 2.63. The number of Topliss-reactive ketones (excluding diaryl/α,β-unsaturated/α-hetero) is 1. The third-order valence-electron chi connectivity index (χ3n) is 2.76. The van der Waals surface area contributed by atoms with Crippen molar-refractivity contribution >= 4 is 17.1 Å². The van der Waals surface area contributed by atoms with E-state index in [1.807, 2.05) is 5.38 Å². The topological polar surface area (TPSA) is 42.4 Å². The first-order chi connectivity index (χ1) is 7.70. The number of ether oxygens (including phenoxy) is 1. The van der Waals surface area contributed by atoms with Crippen molar-refractivity contribution in [1.82, 2.24) is 9.88 Å². The summed E-state index contributed by atoms with van der Waals surface area (Å²) in [6.45, 7) is 7.32. The second-order valence-corrected chi connectivity index (χ2v) is 4.77. The molecule has 2 heterocycles. The molecular formula is C11H16N2O2S. The summed E-state index contributed by atoms with van der Waals surface area (Å²) in [5.41, 5.74) is 0.553. The standard InChI is InChI=1S/C11H16N2O2S/c1-3-13-4-5-15-10(6-13)11-12-9(7-16-11)8(2)14/h7,10H,3-6H2,1-2H3. The Balaban J connectivity index is 2.08. The largest absolute Gasteiger partial charge is 0.368 e. The lowest BCUT2D eigenvalue weighted by molar-refractivity contribution is -0.0282. The number of aromatic nitrogens is 1. The quantitative estimate of drug-likeness (QED) is 0.755. The van der Waals surface area contributed by atoms with Crippen molar-refractivity contribution in [2.45, 2.75) is 20.0 Å². The molecule has 2 rings (SSSR count). The first kappa shape index (κ1) is 11.7. The molecule has 0 spiro atoms. The number of carbonyl (C=O) groups is 1. The zero-order valence-electron chi connectivity index (χ0n) is 9.60. The summed E-state index contributed by atoms with van der Waals surface area (Å²) in [5.74, 6) is 0.0191. The van der Waals surface area contributed by atoms with Crippen molar-refractivity contribution in [3.05, 3.63) is 16.1 Å². The van der Waals surface area contributed by atoms with E-state index in [0.717, 1.165) is 31.2 Å². The van der Waals surface area contributed by atoms with Gasteiger partial charge in [-0.2, -0.15) is 0 Å². The van der Waals surface area contributed by atoms with Crippen LogP contribution in [0.2, 0.25) is 0 Å². The van der Waals surface area contributed by atoms with E-state index in [4.69, 9.17) is 4.74 Å². The molecule has 5 heteroatoms. The number of hydrogen-bond acceptors (Lipinski definition) is 5. The van der Waals surface area contributed by atoms with Gasteiger partial charge in [0.15, 0.2) is 5.78 Å². The van der Waals surface area contributed by atoms with Crippen LogP contribution in [0.3, 0.4) is 0 Å². The third kappa shape index (κ3) is 2.48. The Morgan fingerprint density at radius 3 is 3.19 bits per heavy atom. The molecule has 0 amide bonds. The fraction of sp³-hybridized carbons (Fsp3) is 0.636. The molecule has 0 bridgehead atoms. The Morgan fingerprint density at radius 2 is 2.56 bits per heavy atom. The van der Waals surface area contributed by atoms with Crippen LogP contribution in [0.1, 0.15) is 35.4 Å². The highest BCUT2D eigenvalue weighted by atomic mass is 32.1. The van der Waals surface area contributed by atoms with Gasteiger partial charge in [-0.1, -0.05) is 6.92 Å². The molecule has 1 aromatic heterocycles. The van der Waals surface area contributed by atoms with Crippen LogP contribution in [-0.4, -0.2) is 41.9 Å². The summed E-state index contributed by atoms with van der Waals surface area (Å²) >= 11 is 1.51. The van der Waals surface area contributed by atoms with Crippen LogP contribution < -0.4 is 0 Å². The van der Waals surface area contributed by atoms with Crippen molar-refractivity contribution in [3.63, 3.8) is 0 Å². The minimum Gasteiger partial charge on any atom is -0.368 e. The van der Waals surface area contributed by atoms with E-state index < -0.39 is 0 Å². The molecule has 16 heavy (non-hydrogen) atoms. The number of ketones is 1. The number of carbonyl (C=O) groups excluding carboxylic acids is 1. The van der Waals surface area contributed by atoms with Gasteiger partial charge in [0.25, 0.3) is 0 Å². The molecule has 1 aliphatic heterocycles. The maximum absolute atomic E-state index is 11.2. The number of likely N-dealkylation sites (N-methyl/N-ethyl adjacent to an activating group) is 1. The molecule has 0 aromatic carbocycles. The Labute approximate surface area is 99.2 Å². The van der Waals surface area contributed by atoms with Crippen molar-refractivity contribution < 1.29 is 9.53 Å². The van der Waals surface area contributed by atoms with Crippen molar-refractivity contribution in [2.24, 2.45) is 0 Å². The average Bonchev–Trinajstić information content (AvgIpc) is 2.78. The minimum absolute atomic E-state index is 0.0191. The molecule has 4 nitrogen and oxygen atoms in total. The molecular weight excluding hydrogens is 224 g/mol. The molecule has 1 aromatic rings. The van der Waals surface area contributed by atoms with Gasteiger partial charge in [-0.15, -0.1) is 11.3 Å². The fourth-order valence-electron chi connectivity index (χ4n) is 1.74. The Hall–Kier alpha value is -0.780. The summed E-state index contributed by atoms with van der Waals surface area (Å²) in [6.07, 6.45) is 0.0341. The number of rotatable bonds is 3. The number of morpholine rings is 1. The van der Waals surface area contributed by atoms with Crippen LogP contribution in [0.25, 0.3) is 0 Å². The van der Waals surface area contributed by atoms with Gasteiger partial charge >= 0.3 is 0 Å². The second kappa shape index (κ2) is 5.03. The molecule has 1 unspecified atom stereocenters. The van der Waals surface area contributed by atoms with Gasteiger partial charge in [-0.3, -0.25) is 9.69 Å². The molecule has 0 saturated carbocycles. The molecule has 1 atom stereocenters. The SMILES string of the molecule is CCN1CCOC(c2nc(C(C)=O)cs2)C1. The zero-order chi connectivity index (χ0) is 11.5. The monoisotopic (exact) mass is 240 g/mol. The lowest BCUT2D eigenvalue weighted by atomic mass is 10.3. The van der Waals surface area contributed by atoms with Crippen LogP contribution in [0.15, 0.2) is 5.38 Å². The van der Waals surface area contributed by atoms with Gasteiger partial charge in [-0.25, -0.2) is 4.98 Å². The second-order valence-electron chi connectivity index (χ2n) is 3.88. The van der Waals surface area contributed by atoms with Crippen LogP contribution in [-0.2, 0) is 4.74 Å². The van der Waals surface area contributed by atoms with Gasteiger partial charge in [0.2, 0.25) is 0 Å². The predicted molar refractivity (Wildman–Crippen MR) is 62.9 cm³/mol. The molecule has 0 aliphatic carbocycles. The first-order valence-electron chi connectivity index (χ1n) is 5.51. The van der Waals surface area contributed by atoms with E-state index in [1.165, 1.54) is 11.3 Å². The Morgan fingerprint density at radius 1 is 1.75 bits per heavy atom. The number of thiazole rings is 1. The van der Waals surface area contributed by atoms with Crippen LogP contribution in [0.5, 0.6) is 0 Å². The van der Waals surface area contributed by atoms with Crippen molar-refractivity contribution in [3.8, 4) is 0 Å². The third-order valence-corrected chi connectivity index (χ3v) is 3.69. The summed E-state index contributed by atoms with van der Waals surface area (Å²) in [7, 11) is 0. The van der Waals surface area contributed by atoms with Crippen LogP contribution >= 0.6 is 11.3 Å². The summed E-state index contributed by atoms with van der Waals surface area (Å²) < 4.78 is 5.68. The van der Waals surface area contributed by atoms with E-state index in [-0.39, 0.29) is 11.9 Å². The number of nitrogens with zero attached hydrogens (tertiary/aromatic N) is 2. The maximum atomic E-state index is 11.2. The molecule has 0 radical (unpaired) electrons. The summed E-state index contributed by atoms with van der Waals surface area (Å²) in [5, 5.41) is 2.73.